The van der Waals surface area contributed by atoms with Crippen molar-refractivity contribution in [3.63, 3.8) is 0 Å². The van der Waals surface area contributed by atoms with Gasteiger partial charge in [0, 0.05) is 29.7 Å². The second-order valence-corrected chi connectivity index (χ2v) is 6.05. The lowest BCUT2D eigenvalue weighted by molar-refractivity contribution is 0.201. The van der Waals surface area contributed by atoms with E-state index in [2.05, 4.69) is 27.8 Å². The summed E-state index contributed by atoms with van der Waals surface area (Å²) in [5.41, 5.74) is 5.71. The number of hydrogen-bond donors (Lipinski definition) is 1. The number of benzene rings is 1. The quantitative estimate of drug-likeness (QED) is 0.901. The highest BCUT2D eigenvalue weighted by Crippen LogP contribution is 2.23. The normalized spacial score (nSPS) is 23.8. The van der Waals surface area contributed by atoms with Gasteiger partial charge in [0.2, 0.25) is 0 Å². The van der Waals surface area contributed by atoms with E-state index >= 15 is 0 Å². The Labute approximate surface area is 122 Å². The van der Waals surface area contributed by atoms with Gasteiger partial charge in [0.25, 0.3) is 0 Å². The van der Waals surface area contributed by atoms with E-state index in [0.717, 1.165) is 26.1 Å². The van der Waals surface area contributed by atoms with E-state index in [1.54, 1.807) is 6.07 Å². The van der Waals surface area contributed by atoms with Crippen molar-refractivity contribution in [2.45, 2.75) is 19.4 Å². The maximum atomic E-state index is 13.2. The van der Waals surface area contributed by atoms with Gasteiger partial charge in [0.05, 0.1) is 0 Å². The van der Waals surface area contributed by atoms with Crippen molar-refractivity contribution in [2.24, 2.45) is 11.7 Å². The molecule has 3 nitrogen and oxygen atoms in total. The van der Waals surface area contributed by atoms with Crippen LogP contribution in [0.4, 0.5) is 4.39 Å². The Kier molecular flexibility index (Phi) is 5.19. The third-order valence-electron chi connectivity index (χ3n) is 3.61. The SMILES string of the molecule is CC1CC(CN)CN1CCOc1cc(F)cc(Br)c1. The van der Waals surface area contributed by atoms with Crippen LogP contribution in [0.1, 0.15) is 13.3 Å². The van der Waals surface area contributed by atoms with E-state index in [-0.39, 0.29) is 5.82 Å². The lowest BCUT2D eigenvalue weighted by Crippen LogP contribution is -2.32. The first kappa shape index (κ1) is 14.8. The summed E-state index contributed by atoms with van der Waals surface area (Å²) in [5.74, 6) is 0.870. The van der Waals surface area contributed by atoms with Crippen molar-refractivity contribution in [1.29, 1.82) is 0 Å². The highest BCUT2D eigenvalue weighted by Gasteiger charge is 2.27. The Hall–Kier alpha value is -0.650. The molecule has 0 aliphatic carbocycles. The average molecular weight is 331 g/mol. The van der Waals surface area contributed by atoms with Gasteiger partial charge in [-0.05, 0) is 37.9 Å². The number of nitrogens with zero attached hydrogens (tertiary/aromatic N) is 1. The van der Waals surface area contributed by atoms with Crippen LogP contribution in [0.15, 0.2) is 22.7 Å². The predicted molar refractivity (Wildman–Crippen MR) is 77.8 cm³/mol. The summed E-state index contributed by atoms with van der Waals surface area (Å²) in [6, 6.07) is 5.15. The molecule has 2 N–H and O–H groups in total. The molecule has 0 radical (unpaired) electrons. The first-order valence-corrected chi connectivity index (χ1v) is 7.41. The molecule has 2 atom stereocenters. The molecule has 2 rings (SSSR count). The third kappa shape index (κ3) is 4.16. The molecule has 5 heteroatoms. The summed E-state index contributed by atoms with van der Waals surface area (Å²) < 4.78 is 19.5. The molecule has 19 heavy (non-hydrogen) atoms. The van der Waals surface area contributed by atoms with Gasteiger partial charge in [-0.1, -0.05) is 15.9 Å². The molecular formula is C14H20BrFN2O. The molecule has 2 unspecified atom stereocenters. The summed E-state index contributed by atoms with van der Waals surface area (Å²) in [4.78, 5) is 2.38. The van der Waals surface area contributed by atoms with Gasteiger partial charge >= 0.3 is 0 Å². The second-order valence-electron chi connectivity index (χ2n) is 5.13. The molecule has 1 aliphatic heterocycles. The van der Waals surface area contributed by atoms with Crippen molar-refractivity contribution < 1.29 is 9.13 Å². The molecule has 0 aromatic heterocycles. The van der Waals surface area contributed by atoms with Crippen molar-refractivity contribution in [1.82, 2.24) is 4.90 Å². The van der Waals surface area contributed by atoms with Crippen molar-refractivity contribution in [3.05, 3.63) is 28.5 Å². The zero-order valence-electron chi connectivity index (χ0n) is 11.1. The third-order valence-corrected chi connectivity index (χ3v) is 4.06. The first-order chi connectivity index (χ1) is 9.08. The van der Waals surface area contributed by atoms with Gasteiger partial charge in [0.15, 0.2) is 0 Å². The summed E-state index contributed by atoms with van der Waals surface area (Å²) in [5, 5.41) is 0. The van der Waals surface area contributed by atoms with E-state index in [4.69, 9.17) is 10.5 Å². The van der Waals surface area contributed by atoms with E-state index in [1.807, 2.05) is 0 Å². The molecule has 0 saturated carbocycles. The van der Waals surface area contributed by atoms with Gasteiger partial charge in [-0.3, -0.25) is 4.90 Å². The standard InChI is InChI=1S/C14H20BrFN2O/c1-10-4-11(8-17)9-18(10)2-3-19-14-6-12(15)5-13(16)7-14/h5-7,10-11H,2-4,8-9,17H2,1H3. The number of halogens is 2. The Bertz CT molecular complexity index is 410. The van der Waals surface area contributed by atoms with Gasteiger partial charge in [-0.2, -0.15) is 0 Å². The lowest BCUT2D eigenvalue weighted by Gasteiger charge is -2.21. The fourth-order valence-electron chi connectivity index (χ4n) is 2.59. The Morgan fingerprint density at radius 3 is 2.89 bits per heavy atom. The van der Waals surface area contributed by atoms with E-state index < -0.39 is 0 Å². The molecule has 1 aromatic carbocycles. The zero-order valence-corrected chi connectivity index (χ0v) is 12.7. The van der Waals surface area contributed by atoms with Crippen LogP contribution in [0, 0.1) is 11.7 Å². The zero-order chi connectivity index (χ0) is 13.8. The molecule has 1 aromatic rings. The number of hydrogen-bond acceptors (Lipinski definition) is 3. The highest BCUT2D eigenvalue weighted by molar-refractivity contribution is 9.10. The molecule has 0 spiro atoms. The molecule has 1 fully saturated rings. The van der Waals surface area contributed by atoms with Crippen molar-refractivity contribution in [2.75, 3.05) is 26.2 Å². The van der Waals surface area contributed by atoms with Crippen LogP contribution in [0.2, 0.25) is 0 Å². The largest absolute Gasteiger partial charge is 0.492 e. The van der Waals surface area contributed by atoms with Gasteiger partial charge in [0.1, 0.15) is 18.2 Å². The topological polar surface area (TPSA) is 38.5 Å². The molecule has 1 saturated heterocycles. The van der Waals surface area contributed by atoms with Crippen LogP contribution in [-0.2, 0) is 0 Å². The molecule has 106 valence electrons. The predicted octanol–water partition coefficient (Wildman–Crippen LogP) is 2.64. The second kappa shape index (κ2) is 6.68. The monoisotopic (exact) mass is 330 g/mol. The van der Waals surface area contributed by atoms with E-state index in [1.165, 1.54) is 12.1 Å². The minimum Gasteiger partial charge on any atom is -0.492 e. The molecule has 1 aliphatic rings. The van der Waals surface area contributed by atoms with Crippen LogP contribution in [0.25, 0.3) is 0 Å². The minimum absolute atomic E-state index is 0.290. The Morgan fingerprint density at radius 2 is 2.26 bits per heavy atom. The molecule has 0 bridgehead atoms. The number of ether oxygens (including phenoxy) is 1. The Balaban J connectivity index is 1.80. The average Bonchev–Trinajstić information content (AvgIpc) is 2.69. The summed E-state index contributed by atoms with van der Waals surface area (Å²) in [7, 11) is 0. The van der Waals surface area contributed by atoms with Crippen molar-refractivity contribution in [3.8, 4) is 5.75 Å². The lowest BCUT2D eigenvalue weighted by atomic mass is 10.1. The minimum atomic E-state index is -0.290. The highest BCUT2D eigenvalue weighted by atomic mass is 79.9. The number of nitrogens with two attached hydrogens (primary N) is 1. The Morgan fingerprint density at radius 1 is 1.47 bits per heavy atom. The van der Waals surface area contributed by atoms with Crippen LogP contribution in [0.5, 0.6) is 5.75 Å². The maximum Gasteiger partial charge on any atom is 0.128 e. The summed E-state index contributed by atoms with van der Waals surface area (Å²) >= 11 is 3.25. The van der Waals surface area contributed by atoms with Crippen molar-refractivity contribution >= 4 is 15.9 Å². The molecule has 0 amide bonds. The van der Waals surface area contributed by atoms with Gasteiger partial charge in [-0.25, -0.2) is 4.39 Å². The van der Waals surface area contributed by atoms with Crippen LogP contribution >= 0.6 is 15.9 Å². The fourth-order valence-corrected chi connectivity index (χ4v) is 3.04. The van der Waals surface area contributed by atoms with Crippen LogP contribution in [-0.4, -0.2) is 37.2 Å². The van der Waals surface area contributed by atoms with Crippen LogP contribution in [0.3, 0.4) is 0 Å². The van der Waals surface area contributed by atoms with E-state index in [9.17, 15) is 4.39 Å². The van der Waals surface area contributed by atoms with Crippen LogP contribution < -0.4 is 10.5 Å². The fraction of sp³-hybridized carbons (Fsp3) is 0.571. The summed E-state index contributed by atoms with van der Waals surface area (Å²) in [6.45, 7) is 5.42. The molecular weight excluding hydrogens is 311 g/mol. The smallest absolute Gasteiger partial charge is 0.128 e. The number of likely N-dealkylation sites (tertiary alicyclic amines) is 1. The van der Waals surface area contributed by atoms with E-state index in [0.29, 0.717) is 28.8 Å². The maximum absolute atomic E-state index is 13.2. The van der Waals surface area contributed by atoms with Gasteiger partial charge in [-0.15, -0.1) is 0 Å². The molecule has 1 heterocycles. The number of rotatable bonds is 5. The first-order valence-electron chi connectivity index (χ1n) is 6.61. The van der Waals surface area contributed by atoms with Gasteiger partial charge < -0.3 is 10.5 Å². The summed E-state index contributed by atoms with van der Waals surface area (Å²) in [6.07, 6.45) is 1.15.